The number of carboxylic acid groups (broad SMARTS) is 1. The maximum atomic E-state index is 11.0. The van der Waals surface area contributed by atoms with E-state index in [9.17, 15) is 4.79 Å². The molecule has 0 atom stereocenters. The first-order valence-electron chi connectivity index (χ1n) is 5.99. The van der Waals surface area contributed by atoms with Crippen LogP contribution in [0, 0.1) is 0 Å². The maximum Gasteiger partial charge on any atom is 0.356 e. The van der Waals surface area contributed by atoms with E-state index < -0.39 is 5.97 Å². The Kier molecular flexibility index (Phi) is 2.90. The van der Waals surface area contributed by atoms with Crippen molar-refractivity contribution in [1.29, 1.82) is 0 Å². The minimum atomic E-state index is -1.02. The fourth-order valence-corrected chi connectivity index (χ4v) is 2.98. The molecule has 102 valence electrons. The second kappa shape index (κ2) is 4.49. The fourth-order valence-electron chi connectivity index (χ4n) is 2.34. The summed E-state index contributed by atoms with van der Waals surface area (Å²) < 4.78 is 4.65. The minimum absolute atomic E-state index is 0.0515. The number of aryl methyl sites for hydroxylation is 2. The number of hydrogen-bond acceptors (Lipinski definition) is 2. The summed E-state index contributed by atoms with van der Waals surface area (Å²) in [5.74, 6) is -1.02. The second-order valence-corrected chi connectivity index (χ2v) is 5.52. The molecule has 3 aromatic rings. The Labute approximate surface area is 123 Å². The molecule has 0 bridgehead atoms. The van der Waals surface area contributed by atoms with Crippen molar-refractivity contribution in [3.05, 3.63) is 40.6 Å². The van der Waals surface area contributed by atoms with E-state index in [-0.39, 0.29) is 5.69 Å². The Hall–Kier alpha value is -2.08. The summed E-state index contributed by atoms with van der Waals surface area (Å²) in [4.78, 5) is 11.0. The Morgan fingerprint density at radius 2 is 2.05 bits per heavy atom. The lowest BCUT2D eigenvalue weighted by molar-refractivity contribution is 0.0689. The minimum Gasteiger partial charge on any atom is -0.476 e. The van der Waals surface area contributed by atoms with Crippen LogP contribution in [0.25, 0.3) is 22.2 Å². The molecule has 0 radical (unpaired) electrons. The van der Waals surface area contributed by atoms with Crippen LogP contribution in [0.2, 0.25) is 0 Å². The molecular weight excluding hydrogens is 322 g/mol. The summed E-state index contributed by atoms with van der Waals surface area (Å²) in [7, 11) is 3.72. The Bertz CT molecular complexity index is 832. The number of aromatic nitrogens is 3. The molecule has 0 unspecified atom stereocenters. The number of hydrogen-bond donors (Lipinski definition) is 1. The van der Waals surface area contributed by atoms with Gasteiger partial charge in [-0.15, -0.1) is 0 Å². The summed E-state index contributed by atoms with van der Waals surface area (Å²) >= 11 is 3.52. The van der Waals surface area contributed by atoms with Gasteiger partial charge in [-0.1, -0.05) is 12.1 Å². The van der Waals surface area contributed by atoms with E-state index in [1.165, 1.54) is 0 Å². The van der Waals surface area contributed by atoms with Crippen molar-refractivity contribution in [1.82, 2.24) is 14.3 Å². The molecule has 0 spiro atoms. The van der Waals surface area contributed by atoms with E-state index in [2.05, 4.69) is 21.0 Å². The van der Waals surface area contributed by atoms with Crippen LogP contribution in [0.3, 0.4) is 0 Å². The topological polar surface area (TPSA) is 60.1 Å². The maximum absolute atomic E-state index is 11.0. The fraction of sp³-hybridized carbons (Fsp3) is 0.143. The number of rotatable bonds is 2. The number of aromatic carboxylic acids is 1. The molecule has 0 fully saturated rings. The van der Waals surface area contributed by atoms with Crippen LogP contribution in [0.5, 0.6) is 0 Å². The van der Waals surface area contributed by atoms with Gasteiger partial charge in [-0.2, -0.15) is 5.10 Å². The second-order valence-electron chi connectivity index (χ2n) is 4.66. The molecule has 0 aliphatic carbocycles. The van der Waals surface area contributed by atoms with E-state index in [1.54, 1.807) is 17.8 Å². The van der Waals surface area contributed by atoms with Crippen LogP contribution in [-0.4, -0.2) is 25.4 Å². The monoisotopic (exact) mass is 333 g/mol. The highest BCUT2D eigenvalue weighted by Gasteiger charge is 2.14. The summed E-state index contributed by atoms with van der Waals surface area (Å²) in [6, 6.07) is 7.60. The van der Waals surface area contributed by atoms with Gasteiger partial charge in [0.2, 0.25) is 0 Å². The summed E-state index contributed by atoms with van der Waals surface area (Å²) in [6.45, 7) is 0. The van der Waals surface area contributed by atoms with Gasteiger partial charge in [0.1, 0.15) is 0 Å². The standard InChI is InChI=1S/C14H12BrN3O2/c1-17-7-10(15)9-4-3-8(5-13(9)17)12-6-11(14(19)20)16-18(12)2/h3-7H,1-2H3,(H,19,20). The Morgan fingerprint density at radius 1 is 1.30 bits per heavy atom. The van der Waals surface area contributed by atoms with Crippen molar-refractivity contribution < 1.29 is 9.90 Å². The first-order valence-corrected chi connectivity index (χ1v) is 6.79. The number of carboxylic acids is 1. The molecule has 0 aliphatic rings. The predicted octanol–water partition coefficient (Wildman–Crippen LogP) is 3.04. The highest BCUT2D eigenvalue weighted by molar-refractivity contribution is 9.10. The van der Waals surface area contributed by atoms with Crippen molar-refractivity contribution in [3.8, 4) is 11.3 Å². The van der Waals surface area contributed by atoms with Crippen molar-refractivity contribution in [2.24, 2.45) is 14.1 Å². The largest absolute Gasteiger partial charge is 0.476 e. The Balaban J connectivity index is 2.19. The molecular formula is C14H12BrN3O2. The number of benzene rings is 1. The average molecular weight is 334 g/mol. The van der Waals surface area contributed by atoms with Crippen molar-refractivity contribution in [3.63, 3.8) is 0 Å². The number of fused-ring (bicyclic) bond motifs is 1. The molecule has 5 nitrogen and oxygen atoms in total. The molecule has 3 rings (SSSR count). The zero-order chi connectivity index (χ0) is 14.4. The van der Waals surface area contributed by atoms with Crippen LogP contribution in [0.4, 0.5) is 0 Å². The van der Waals surface area contributed by atoms with Crippen LogP contribution in [0.1, 0.15) is 10.5 Å². The first-order chi connectivity index (χ1) is 9.47. The zero-order valence-electron chi connectivity index (χ0n) is 11.0. The molecule has 1 aromatic carbocycles. The third kappa shape index (κ3) is 1.92. The molecule has 6 heteroatoms. The molecule has 0 saturated carbocycles. The van der Waals surface area contributed by atoms with E-state index >= 15 is 0 Å². The van der Waals surface area contributed by atoms with Gasteiger partial charge in [0.25, 0.3) is 0 Å². The smallest absolute Gasteiger partial charge is 0.356 e. The quantitative estimate of drug-likeness (QED) is 0.784. The van der Waals surface area contributed by atoms with Gasteiger partial charge in [0.15, 0.2) is 5.69 Å². The summed E-state index contributed by atoms with van der Waals surface area (Å²) in [6.07, 6.45) is 2.00. The summed E-state index contributed by atoms with van der Waals surface area (Å²) in [5.41, 5.74) is 2.85. The highest BCUT2D eigenvalue weighted by Crippen LogP contribution is 2.30. The lowest BCUT2D eigenvalue weighted by atomic mass is 10.1. The van der Waals surface area contributed by atoms with Crippen LogP contribution >= 0.6 is 15.9 Å². The molecule has 20 heavy (non-hydrogen) atoms. The lowest BCUT2D eigenvalue weighted by Crippen LogP contribution is -1.99. The van der Waals surface area contributed by atoms with Gasteiger partial charge < -0.3 is 9.67 Å². The molecule has 0 saturated heterocycles. The van der Waals surface area contributed by atoms with E-state index in [0.717, 1.165) is 26.6 Å². The average Bonchev–Trinajstić information content (AvgIpc) is 2.91. The zero-order valence-corrected chi connectivity index (χ0v) is 12.5. The van der Waals surface area contributed by atoms with E-state index in [4.69, 9.17) is 5.11 Å². The van der Waals surface area contributed by atoms with Gasteiger partial charge in [-0.05, 0) is 28.1 Å². The van der Waals surface area contributed by atoms with Crippen molar-refractivity contribution in [2.45, 2.75) is 0 Å². The van der Waals surface area contributed by atoms with Crippen LogP contribution in [-0.2, 0) is 14.1 Å². The lowest BCUT2D eigenvalue weighted by Gasteiger charge is -2.03. The normalized spacial score (nSPS) is 11.2. The van der Waals surface area contributed by atoms with Gasteiger partial charge in [-0.3, -0.25) is 4.68 Å². The molecule has 1 N–H and O–H groups in total. The number of nitrogens with zero attached hydrogens (tertiary/aromatic N) is 3. The van der Waals surface area contributed by atoms with Crippen molar-refractivity contribution in [2.75, 3.05) is 0 Å². The van der Waals surface area contributed by atoms with Crippen LogP contribution in [0.15, 0.2) is 34.9 Å². The van der Waals surface area contributed by atoms with Gasteiger partial charge in [-0.25, -0.2) is 4.79 Å². The van der Waals surface area contributed by atoms with Gasteiger partial charge >= 0.3 is 5.97 Å². The van der Waals surface area contributed by atoms with Gasteiger partial charge in [0.05, 0.1) is 5.69 Å². The molecule has 0 aliphatic heterocycles. The third-order valence-corrected chi connectivity index (χ3v) is 3.97. The first kappa shape index (κ1) is 12.9. The van der Waals surface area contributed by atoms with E-state index in [0.29, 0.717) is 0 Å². The van der Waals surface area contributed by atoms with Crippen molar-refractivity contribution >= 4 is 32.8 Å². The highest BCUT2D eigenvalue weighted by atomic mass is 79.9. The SMILES string of the molecule is Cn1nc(C(=O)O)cc1-c1ccc2c(Br)cn(C)c2c1. The summed E-state index contributed by atoms with van der Waals surface area (Å²) in [5, 5.41) is 14.1. The Morgan fingerprint density at radius 3 is 2.70 bits per heavy atom. The number of carbonyl (C=O) groups is 1. The van der Waals surface area contributed by atoms with Crippen LogP contribution < -0.4 is 0 Å². The number of halogens is 1. The predicted molar refractivity (Wildman–Crippen MR) is 79.8 cm³/mol. The molecule has 2 aromatic heterocycles. The molecule has 0 amide bonds. The van der Waals surface area contributed by atoms with E-state index in [1.807, 2.05) is 36.0 Å². The molecule has 2 heterocycles. The third-order valence-electron chi connectivity index (χ3n) is 3.34. The van der Waals surface area contributed by atoms with Gasteiger partial charge in [0, 0.05) is 41.2 Å².